The predicted molar refractivity (Wildman–Crippen MR) is 109 cm³/mol. The lowest BCUT2D eigenvalue weighted by Gasteiger charge is -2.12. The summed E-state index contributed by atoms with van der Waals surface area (Å²) in [4.78, 5) is 0. The van der Waals surface area contributed by atoms with Crippen molar-refractivity contribution in [2.75, 3.05) is 0 Å². The van der Waals surface area contributed by atoms with Crippen LogP contribution >= 0.6 is 0 Å². The van der Waals surface area contributed by atoms with E-state index in [0.717, 1.165) is 48.1 Å². The van der Waals surface area contributed by atoms with Gasteiger partial charge in [0, 0.05) is 0 Å². The molecule has 0 bridgehead atoms. The molecule has 0 aliphatic carbocycles. The summed E-state index contributed by atoms with van der Waals surface area (Å²) in [7, 11) is 0. The highest BCUT2D eigenvalue weighted by atomic mass is 19.4. The zero-order chi connectivity index (χ0) is 20.4. The first kappa shape index (κ1) is 22.5. The number of hydrogen-bond donors (Lipinski definition) is 1. The maximum Gasteiger partial charge on any atom is 0.416 e. The summed E-state index contributed by atoms with van der Waals surface area (Å²) < 4.78 is 38.0. The van der Waals surface area contributed by atoms with Gasteiger partial charge in [-0.25, -0.2) is 0 Å². The quantitative estimate of drug-likeness (QED) is 0.385. The fraction of sp³-hybridized carbons (Fsp3) is 0.500. The molecule has 1 nitrogen and oxygen atoms in total. The van der Waals surface area contributed by atoms with E-state index in [1.54, 1.807) is 0 Å². The van der Waals surface area contributed by atoms with Crippen molar-refractivity contribution >= 4 is 0 Å². The van der Waals surface area contributed by atoms with Crippen LogP contribution in [0, 0.1) is 0 Å². The average molecular weight is 393 g/mol. The van der Waals surface area contributed by atoms with Gasteiger partial charge in [-0.2, -0.15) is 13.2 Å². The van der Waals surface area contributed by atoms with Crippen molar-refractivity contribution in [2.24, 2.45) is 0 Å². The summed E-state index contributed by atoms with van der Waals surface area (Å²) in [6.45, 7) is 2.22. The number of aliphatic hydroxyl groups is 1. The van der Waals surface area contributed by atoms with Crippen LogP contribution in [0.15, 0.2) is 48.5 Å². The maximum atomic E-state index is 12.7. The Bertz CT molecular complexity index is 674. The van der Waals surface area contributed by atoms with Gasteiger partial charge in [0.05, 0.1) is 11.7 Å². The molecular formula is C24H31F3O. The summed E-state index contributed by atoms with van der Waals surface area (Å²) in [5.41, 5.74) is 1.79. The third-order valence-corrected chi connectivity index (χ3v) is 5.17. The average Bonchev–Trinajstić information content (AvgIpc) is 2.69. The topological polar surface area (TPSA) is 20.2 Å². The molecule has 28 heavy (non-hydrogen) atoms. The smallest absolute Gasteiger partial charge is 0.388 e. The molecule has 0 fully saturated rings. The molecule has 0 spiro atoms. The third kappa shape index (κ3) is 7.31. The summed E-state index contributed by atoms with van der Waals surface area (Å²) in [6, 6.07) is 12.6. The minimum Gasteiger partial charge on any atom is -0.388 e. The molecule has 0 heterocycles. The largest absolute Gasteiger partial charge is 0.416 e. The highest BCUT2D eigenvalue weighted by Crippen LogP contribution is 2.31. The van der Waals surface area contributed by atoms with E-state index in [2.05, 4.69) is 6.92 Å². The number of unbranched alkanes of at least 4 members (excludes halogenated alkanes) is 7. The van der Waals surface area contributed by atoms with E-state index in [0.29, 0.717) is 0 Å². The van der Waals surface area contributed by atoms with Crippen molar-refractivity contribution < 1.29 is 18.3 Å². The monoisotopic (exact) mass is 392 g/mol. The Morgan fingerprint density at radius 3 is 1.68 bits per heavy atom. The van der Waals surface area contributed by atoms with Crippen molar-refractivity contribution in [2.45, 2.75) is 77.0 Å². The minimum absolute atomic E-state index is 0.484. The first-order valence-corrected chi connectivity index (χ1v) is 10.4. The van der Waals surface area contributed by atoms with Gasteiger partial charge in [-0.1, -0.05) is 94.7 Å². The predicted octanol–water partition coefficient (Wildman–Crippen LogP) is 7.94. The van der Waals surface area contributed by atoms with Crippen molar-refractivity contribution in [1.82, 2.24) is 0 Å². The first-order chi connectivity index (χ1) is 13.4. The van der Waals surface area contributed by atoms with Gasteiger partial charge in [-0.05, 0) is 35.2 Å². The molecule has 2 rings (SSSR count). The van der Waals surface area contributed by atoms with Crippen LogP contribution in [0.2, 0.25) is 0 Å². The van der Waals surface area contributed by atoms with Crippen LogP contribution in [-0.4, -0.2) is 5.11 Å². The molecule has 0 aliphatic rings. The van der Waals surface area contributed by atoms with E-state index >= 15 is 0 Å². The fourth-order valence-corrected chi connectivity index (χ4v) is 3.39. The van der Waals surface area contributed by atoms with Crippen LogP contribution in [-0.2, 0) is 6.18 Å². The van der Waals surface area contributed by atoms with Gasteiger partial charge in [0.2, 0.25) is 0 Å². The summed E-state index contributed by atoms with van der Waals surface area (Å²) in [5, 5.41) is 10.4. The lowest BCUT2D eigenvalue weighted by atomic mass is 9.98. The SMILES string of the molecule is CCCCCCCCCCC(O)c1ccc(-c2ccc(C(F)(F)F)cc2)cc1. The summed E-state index contributed by atoms with van der Waals surface area (Å²) in [6.07, 6.45) is 5.82. The van der Waals surface area contributed by atoms with Crippen molar-refractivity contribution in [3.05, 3.63) is 59.7 Å². The van der Waals surface area contributed by atoms with Gasteiger partial charge in [0.1, 0.15) is 0 Å². The van der Waals surface area contributed by atoms with Crippen LogP contribution in [0.25, 0.3) is 11.1 Å². The third-order valence-electron chi connectivity index (χ3n) is 5.17. The van der Waals surface area contributed by atoms with Gasteiger partial charge in [-0.3, -0.25) is 0 Å². The molecule has 0 saturated carbocycles. The molecular weight excluding hydrogens is 361 g/mol. The Morgan fingerprint density at radius 2 is 1.18 bits per heavy atom. The number of rotatable bonds is 11. The molecule has 0 radical (unpaired) electrons. The van der Waals surface area contributed by atoms with Gasteiger partial charge in [0.15, 0.2) is 0 Å². The van der Waals surface area contributed by atoms with Gasteiger partial charge >= 0.3 is 6.18 Å². The Labute approximate surface area is 166 Å². The molecule has 1 unspecified atom stereocenters. The second-order valence-electron chi connectivity index (χ2n) is 7.48. The zero-order valence-corrected chi connectivity index (χ0v) is 16.6. The zero-order valence-electron chi connectivity index (χ0n) is 16.6. The molecule has 0 amide bonds. The van der Waals surface area contributed by atoms with Crippen LogP contribution in [0.3, 0.4) is 0 Å². The van der Waals surface area contributed by atoms with E-state index in [1.807, 2.05) is 24.3 Å². The summed E-state index contributed by atoms with van der Waals surface area (Å²) >= 11 is 0. The fourth-order valence-electron chi connectivity index (χ4n) is 3.39. The van der Waals surface area contributed by atoms with Gasteiger partial charge in [-0.15, -0.1) is 0 Å². The molecule has 1 N–H and O–H groups in total. The van der Waals surface area contributed by atoms with Gasteiger partial charge < -0.3 is 5.11 Å². The van der Waals surface area contributed by atoms with Crippen molar-refractivity contribution in [3.8, 4) is 11.1 Å². The Kier molecular flexibility index (Phi) is 9.04. The second-order valence-corrected chi connectivity index (χ2v) is 7.48. The van der Waals surface area contributed by atoms with Crippen LogP contribution in [0.5, 0.6) is 0 Å². The van der Waals surface area contributed by atoms with E-state index < -0.39 is 17.8 Å². The molecule has 0 aromatic heterocycles. The Hall–Kier alpha value is -1.81. The van der Waals surface area contributed by atoms with E-state index in [9.17, 15) is 18.3 Å². The lowest BCUT2D eigenvalue weighted by Crippen LogP contribution is -2.04. The molecule has 0 aliphatic heterocycles. The molecule has 2 aromatic rings. The van der Waals surface area contributed by atoms with E-state index in [4.69, 9.17) is 0 Å². The highest BCUT2D eigenvalue weighted by Gasteiger charge is 2.29. The number of hydrogen-bond acceptors (Lipinski definition) is 1. The van der Waals surface area contributed by atoms with Gasteiger partial charge in [0.25, 0.3) is 0 Å². The normalized spacial score (nSPS) is 12.9. The highest BCUT2D eigenvalue weighted by molar-refractivity contribution is 5.64. The first-order valence-electron chi connectivity index (χ1n) is 10.4. The van der Waals surface area contributed by atoms with Crippen LogP contribution in [0.4, 0.5) is 13.2 Å². The number of halogens is 3. The van der Waals surface area contributed by atoms with Crippen molar-refractivity contribution in [1.29, 1.82) is 0 Å². The second kappa shape index (κ2) is 11.3. The van der Waals surface area contributed by atoms with Crippen LogP contribution in [0.1, 0.15) is 81.9 Å². The maximum absolute atomic E-state index is 12.7. The Balaban J connectivity index is 1.78. The molecule has 2 aromatic carbocycles. The lowest BCUT2D eigenvalue weighted by molar-refractivity contribution is -0.137. The molecule has 1 atom stereocenters. The van der Waals surface area contributed by atoms with E-state index in [1.165, 1.54) is 50.7 Å². The number of aliphatic hydroxyl groups excluding tert-OH is 1. The standard InChI is InChI=1S/C24H31F3O/c1-2-3-4-5-6-7-8-9-10-23(28)21-13-11-19(12-14-21)20-15-17-22(18-16-20)24(25,26)27/h11-18,23,28H,2-10H2,1H3. The Morgan fingerprint density at radius 1 is 0.714 bits per heavy atom. The number of alkyl halides is 3. The molecule has 4 heteroatoms. The minimum atomic E-state index is -4.32. The molecule has 154 valence electrons. The number of benzene rings is 2. The van der Waals surface area contributed by atoms with Crippen molar-refractivity contribution in [3.63, 3.8) is 0 Å². The van der Waals surface area contributed by atoms with Crippen LogP contribution < -0.4 is 0 Å². The molecule has 0 saturated heterocycles. The summed E-state index contributed by atoms with van der Waals surface area (Å²) in [5.74, 6) is 0. The van der Waals surface area contributed by atoms with E-state index in [-0.39, 0.29) is 0 Å².